The second kappa shape index (κ2) is 7.04. The molecule has 0 radical (unpaired) electrons. The van der Waals surface area contributed by atoms with Crippen molar-refractivity contribution in [3.63, 3.8) is 0 Å². The topological polar surface area (TPSA) is 71.5 Å². The molecular formula is C15H18N2O3. The first kappa shape index (κ1) is 14.5. The van der Waals surface area contributed by atoms with E-state index in [1.165, 1.54) is 0 Å². The molecule has 20 heavy (non-hydrogen) atoms. The van der Waals surface area contributed by atoms with Crippen molar-refractivity contribution in [1.82, 2.24) is 10.3 Å². The molecule has 1 fully saturated rings. The fourth-order valence-electron chi connectivity index (χ4n) is 2.36. The molecule has 0 bridgehead atoms. The number of carbonyl (C=O) groups is 1. The molecule has 1 heterocycles. The van der Waals surface area contributed by atoms with E-state index in [-0.39, 0.29) is 24.7 Å². The Labute approximate surface area is 118 Å². The Kier molecular flexibility index (Phi) is 5.10. The summed E-state index contributed by atoms with van der Waals surface area (Å²) in [6, 6.07) is 3.55. The lowest BCUT2D eigenvalue weighted by molar-refractivity contribution is 0.0910. The van der Waals surface area contributed by atoms with Crippen LogP contribution in [0.3, 0.4) is 0 Å². The summed E-state index contributed by atoms with van der Waals surface area (Å²) in [5, 5.41) is 11.7. The third kappa shape index (κ3) is 3.56. The predicted molar refractivity (Wildman–Crippen MR) is 74.1 cm³/mol. The lowest BCUT2D eigenvalue weighted by atomic mass is 10.1. The zero-order chi connectivity index (χ0) is 14.4. The van der Waals surface area contributed by atoms with Crippen LogP contribution in [-0.2, 0) is 4.74 Å². The monoisotopic (exact) mass is 274 g/mol. The fraction of sp³-hybridized carbons (Fsp3) is 0.467. The number of hydrogen-bond acceptors (Lipinski definition) is 4. The van der Waals surface area contributed by atoms with Crippen molar-refractivity contribution in [3.05, 3.63) is 29.6 Å². The van der Waals surface area contributed by atoms with Crippen molar-refractivity contribution in [2.24, 2.45) is 0 Å². The van der Waals surface area contributed by atoms with E-state index in [0.29, 0.717) is 11.3 Å². The smallest absolute Gasteiger partial charge is 0.271 e. The number of aliphatic hydroxyl groups is 1. The van der Waals surface area contributed by atoms with Crippen molar-refractivity contribution in [3.8, 4) is 11.8 Å². The van der Waals surface area contributed by atoms with Gasteiger partial charge >= 0.3 is 0 Å². The SMILES string of the molecule is COC1CCC(NC(=O)c2ncccc2C#CCO)C1. The second-order valence-corrected chi connectivity index (χ2v) is 4.70. The van der Waals surface area contributed by atoms with Crippen molar-refractivity contribution < 1.29 is 14.6 Å². The summed E-state index contributed by atoms with van der Waals surface area (Å²) >= 11 is 0. The van der Waals surface area contributed by atoms with Gasteiger partial charge in [0.2, 0.25) is 0 Å². The van der Waals surface area contributed by atoms with Gasteiger partial charge < -0.3 is 15.2 Å². The number of nitrogens with one attached hydrogen (secondary N) is 1. The summed E-state index contributed by atoms with van der Waals surface area (Å²) in [6.45, 7) is -0.242. The number of aliphatic hydroxyl groups excluding tert-OH is 1. The number of amides is 1. The van der Waals surface area contributed by atoms with E-state index in [1.54, 1.807) is 25.4 Å². The molecule has 1 aliphatic carbocycles. The highest BCUT2D eigenvalue weighted by Crippen LogP contribution is 2.21. The van der Waals surface area contributed by atoms with Gasteiger partial charge in [0.1, 0.15) is 12.3 Å². The van der Waals surface area contributed by atoms with Crippen LogP contribution in [0.25, 0.3) is 0 Å². The average Bonchev–Trinajstić information content (AvgIpc) is 2.93. The summed E-state index contributed by atoms with van der Waals surface area (Å²) < 4.78 is 5.29. The van der Waals surface area contributed by atoms with Gasteiger partial charge in [-0.3, -0.25) is 4.79 Å². The van der Waals surface area contributed by atoms with E-state index < -0.39 is 0 Å². The normalized spacial score (nSPS) is 21.1. The molecule has 0 aliphatic heterocycles. The van der Waals surface area contributed by atoms with Crippen LogP contribution in [0.4, 0.5) is 0 Å². The van der Waals surface area contributed by atoms with E-state index in [1.807, 2.05) is 0 Å². The van der Waals surface area contributed by atoms with Crippen LogP contribution in [-0.4, -0.2) is 41.9 Å². The molecule has 2 atom stereocenters. The van der Waals surface area contributed by atoms with E-state index in [2.05, 4.69) is 22.1 Å². The van der Waals surface area contributed by atoms with Crippen molar-refractivity contribution in [2.75, 3.05) is 13.7 Å². The van der Waals surface area contributed by atoms with Gasteiger partial charge in [-0.2, -0.15) is 0 Å². The van der Waals surface area contributed by atoms with E-state index in [0.717, 1.165) is 19.3 Å². The number of pyridine rings is 1. The van der Waals surface area contributed by atoms with Crippen molar-refractivity contribution in [1.29, 1.82) is 0 Å². The first-order valence-electron chi connectivity index (χ1n) is 6.63. The molecule has 0 saturated heterocycles. The maximum Gasteiger partial charge on any atom is 0.271 e. The Bertz CT molecular complexity index is 533. The third-order valence-electron chi connectivity index (χ3n) is 3.38. The minimum Gasteiger partial charge on any atom is -0.384 e. The highest BCUT2D eigenvalue weighted by Gasteiger charge is 2.26. The number of rotatable bonds is 3. The van der Waals surface area contributed by atoms with Crippen LogP contribution < -0.4 is 5.32 Å². The summed E-state index contributed by atoms with van der Waals surface area (Å²) in [7, 11) is 1.69. The van der Waals surface area contributed by atoms with Crippen LogP contribution >= 0.6 is 0 Å². The molecule has 2 rings (SSSR count). The van der Waals surface area contributed by atoms with Gasteiger partial charge in [-0.25, -0.2) is 4.98 Å². The maximum absolute atomic E-state index is 12.2. The molecule has 5 nitrogen and oxygen atoms in total. The Morgan fingerprint density at radius 1 is 1.60 bits per heavy atom. The van der Waals surface area contributed by atoms with Gasteiger partial charge in [0, 0.05) is 19.3 Å². The van der Waals surface area contributed by atoms with E-state index in [4.69, 9.17) is 9.84 Å². The van der Waals surface area contributed by atoms with Crippen molar-refractivity contribution >= 4 is 5.91 Å². The molecule has 0 spiro atoms. The van der Waals surface area contributed by atoms with E-state index in [9.17, 15) is 4.79 Å². The van der Waals surface area contributed by atoms with Crippen LogP contribution in [0.2, 0.25) is 0 Å². The second-order valence-electron chi connectivity index (χ2n) is 4.70. The molecule has 1 aromatic rings. The van der Waals surface area contributed by atoms with Crippen molar-refractivity contribution in [2.45, 2.75) is 31.4 Å². The number of aromatic nitrogens is 1. The lowest BCUT2D eigenvalue weighted by Crippen LogP contribution is -2.34. The first-order chi connectivity index (χ1) is 9.74. The largest absolute Gasteiger partial charge is 0.384 e. The van der Waals surface area contributed by atoms with Gasteiger partial charge in [-0.05, 0) is 31.4 Å². The summed E-state index contributed by atoms with van der Waals surface area (Å²) in [5.74, 6) is 5.05. The number of ether oxygens (including phenoxy) is 1. The molecule has 1 amide bonds. The molecule has 2 unspecified atom stereocenters. The average molecular weight is 274 g/mol. The minimum atomic E-state index is -0.242. The van der Waals surface area contributed by atoms with Crippen LogP contribution in [0.5, 0.6) is 0 Å². The molecule has 1 aromatic heterocycles. The summed E-state index contributed by atoms with van der Waals surface area (Å²) in [6.07, 6.45) is 4.48. The Hall–Kier alpha value is -1.90. The summed E-state index contributed by atoms with van der Waals surface area (Å²) in [4.78, 5) is 16.3. The standard InChI is InChI=1S/C15H18N2O3/c1-20-13-7-6-12(10-13)17-15(19)14-11(5-3-9-18)4-2-8-16-14/h2,4,8,12-13,18H,6-7,9-10H2,1H3,(H,17,19). The van der Waals surface area contributed by atoms with Gasteiger partial charge in [0.15, 0.2) is 0 Å². The Morgan fingerprint density at radius 3 is 3.15 bits per heavy atom. The van der Waals surface area contributed by atoms with Crippen LogP contribution in [0, 0.1) is 11.8 Å². The minimum absolute atomic E-state index is 0.119. The van der Waals surface area contributed by atoms with Gasteiger partial charge in [-0.1, -0.05) is 11.8 Å². The van der Waals surface area contributed by atoms with E-state index >= 15 is 0 Å². The van der Waals surface area contributed by atoms with Crippen LogP contribution in [0.15, 0.2) is 18.3 Å². The Balaban J connectivity index is 2.06. The maximum atomic E-state index is 12.2. The highest BCUT2D eigenvalue weighted by atomic mass is 16.5. The zero-order valence-corrected chi connectivity index (χ0v) is 11.4. The molecule has 0 aromatic carbocycles. The predicted octanol–water partition coefficient (Wildman–Crippen LogP) is 0.723. The lowest BCUT2D eigenvalue weighted by Gasteiger charge is -2.13. The van der Waals surface area contributed by atoms with Gasteiger partial charge in [0.25, 0.3) is 5.91 Å². The first-order valence-corrected chi connectivity index (χ1v) is 6.63. The molecule has 1 aliphatic rings. The number of hydrogen-bond donors (Lipinski definition) is 2. The fourth-order valence-corrected chi connectivity index (χ4v) is 2.36. The van der Waals surface area contributed by atoms with Gasteiger partial charge in [0.05, 0.1) is 11.7 Å². The molecular weight excluding hydrogens is 256 g/mol. The number of nitrogens with zero attached hydrogens (tertiary/aromatic N) is 1. The zero-order valence-electron chi connectivity index (χ0n) is 11.4. The third-order valence-corrected chi connectivity index (χ3v) is 3.38. The molecule has 5 heteroatoms. The molecule has 1 saturated carbocycles. The highest BCUT2D eigenvalue weighted by molar-refractivity contribution is 5.94. The Morgan fingerprint density at radius 2 is 2.45 bits per heavy atom. The quantitative estimate of drug-likeness (QED) is 0.797. The molecule has 106 valence electrons. The molecule has 2 N–H and O–H groups in total. The van der Waals surface area contributed by atoms with Crippen LogP contribution in [0.1, 0.15) is 35.3 Å². The number of methoxy groups -OCH3 is 1. The number of carbonyl (C=O) groups excluding carboxylic acids is 1. The van der Waals surface area contributed by atoms with Gasteiger partial charge in [-0.15, -0.1) is 0 Å². The summed E-state index contributed by atoms with van der Waals surface area (Å²) in [5.41, 5.74) is 0.828.